The molecule has 0 spiro atoms. The molecule has 2 saturated heterocycles. The average Bonchev–Trinajstić information content (AvgIpc) is 3.26. The second-order valence-corrected chi connectivity index (χ2v) is 10.6. The number of hydrogen-bond acceptors (Lipinski definition) is 5. The molecule has 0 bridgehead atoms. The molecule has 0 unspecified atom stereocenters. The van der Waals surface area contributed by atoms with Crippen LogP contribution in [0.15, 0.2) is 41.4 Å². The Labute approximate surface area is 180 Å². The van der Waals surface area contributed by atoms with Gasteiger partial charge >= 0.3 is 0 Å². The highest BCUT2D eigenvalue weighted by Gasteiger charge is 2.29. The largest absolute Gasteiger partial charge is 0.368 e. The van der Waals surface area contributed by atoms with Crippen molar-refractivity contribution in [2.75, 3.05) is 55.7 Å². The summed E-state index contributed by atoms with van der Waals surface area (Å²) in [5.74, 6) is 1.43. The van der Waals surface area contributed by atoms with Crippen molar-refractivity contribution in [1.29, 1.82) is 0 Å². The van der Waals surface area contributed by atoms with E-state index in [1.807, 2.05) is 24.3 Å². The van der Waals surface area contributed by atoms with Crippen LogP contribution in [0.1, 0.15) is 10.5 Å². The van der Waals surface area contributed by atoms with E-state index >= 15 is 0 Å². The summed E-state index contributed by atoms with van der Waals surface area (Å²) >= 11 is 7.70. The fourth-order valence-electron chi connectivity index (χ4n) is 3.57. The molecule has 7 nitrogen and oxygen atoms in total. The van der Waals surface area contributed by atoms with Crippen molar-refractivity contribution in [2.45, 2.75) is 4.90 Å². The number of amides is 1. The van der Waals surface area contributed by atoms with Crippen LogP contribution in [-0.2, 0) is 10.0 Å². The van der Waals surface area contributed by atoms with Crippen LogP contribution in [-0.4, -0.2) is 79.3 Å². The lowest BCUT2D eigenvalue weighted by atomic mass is 10.2. The van der Waals surface area contributed by atoms with Crippen LogP contribution in [0.25, 0.3) is 0 Å². The topological polar surface area (TPSA) is 76.7 Å². The van der Waals surface area contributed by atoms with E-state index in [0.29, 0.717) is 50.0 Å². The van der Waals surface area contributed by atoms with E-state index in [4.69, 9.17) is 11.6 Å². The molecule has 10 heteroatoms. The Morgan fingerprint density at radius 1 is 1.00 bits per heavy atom. The van der Waals surface area contributed by atoms with Gasteiger partial charge < -0.3 is 14.8 Å². The monoisotopic (exact) mass is 454 g/mol. The van der Waals surface area contributed by atoms with Gasteiger partial charge in [-0.1, -0.05) is 11.6 Å². The summed E-state index contributed by atoms with van der Waals surface area (Å²) in [6.07, 6.45) is 1.42. The molecule has 29 heavy (non-hydrogen) atoms. The second-order valence-electron chi connectivity index (χ2n) is 7.02. The maximum absolute atomic E-state index is 12.9. The van der Waals surface area contributed by atoms with E-state index in [1.54, 1.807) is 16.7 Å². The van der Waals surface area contributed by atoms with Crippen LogP contribution >= 0.6 is 23.4 Å². The minimum atomic E-state index is -3.55. The zero-order valence-electron chi connectivity index (χ0n) is 15.9. The number of sulfonamides is 1. The van der Waals surface area contributed by atoms with Gasteiger partial charge in [0.1, 0.15) is 10.6 Å². The fourth-order valence-corrected chi connectivity index (χ4v) is 6.27. The third kappa shape index (κ3) is 4.42. The Kier molecular flexibility index (Phi) is 6.10. The van der Waals surface area contributed by atoms with Gasteiger partial charge in [0.2, 0.25) is 10.0 Å². The minimum absolute atomic E-state index is 0.160. The van der Waals surface area contributed by atoms with E-state index < -0.39 is 10.0 Å². The zero-order chi connectivity index (χ0) is 20.4. The smallest absolute Gasteiger partial charge is 0.270 e. The van der Waals surface area contributed by atoms with Gasteiger partial charge in [-0.2, -0.15) is 16.1 Å². The number of piperazine rings is 1. The summed E-state index contributed by atoms with van der Waals surface area (Å²) in [7, 11) is -3.55. The maximum Gasteiger partial charge on any atom is 0.270 e. The summed E-state index contributed by atoms with van der Waals surface area (Å²) in [6.45, 7) is 3.59. The molecule has 0 atom stereocenters. The molecule has 156 valence electrons. The van der Waals surface area contributed by atoms with Crippen LogP contribution in [0.2, 0.25) is 5.02 Å². The molecule has 1 aromatic carbocycles. The highest BCUT2D eigenvalue weighted by Crippen LogP contribution is 2.23. The number of thioether (sulfide) groups is 1. The highest BCUT2D eigenvalue weighted by molar-refractivity contribution is 7.99. The van der Waals surface area contributed by atoms with Gasteiger partial charge in [0.25, 0.3) is 5.91 Å². The molecule has 0 radical (unpaired) electrons. The van der Waals surface area contributed by atoms with Crippen LogP contribution < -0.4 is 4.90 Å². The van der Waals surface area contributed by atoms with Crippen molar-refractivity contribution in [3.05, 3.63) is 47.2 Å². The van der Waals surface area contributed by atoms with E-state index in [2.05, 4.69) is 9.88 Å². The van der Waals surface area contributed by atoms with Crippen molar-refractivity contribution in [3.8, 4) is 0 Å². The molecule has 3 heterocycles. The van der Waals surface area contributed by atoms with Crippen LogP contribution in [0.5, 0.6) is 0 Å². The third-order valence-corrected chi connectivity index (χ3v) is 8.32. The Hall–Kier alpha value is -1.68. The van der Waals surface area contributed by atoms with Crippen molar-refractivity contribution in [2.24, 2.45) is 0 Å². The first-order chi connectivity index (χ1) is 13.9. The third-order valence-electron chi connectivity index (χ3n) is 5.25. The van der Waals surface area contributed by atoms with Crippen LogP contribution in [0.3, 0.4) is 0 Å². The Morgan fingerprint density at radius 2 is 1.66 bits per heavy atom. The first-order valence-electron chi connectivity index (χ1n) is 9.51. The molecule has 2 fully saturated rings. The summed E-state index contributed by atoms with van der Waals surface area (Å²) in [4.78, 5) is 19.8. The summed E-state index contributed by atoms with van der Waals surface area (Å²) in [5, 5.41) is 0.698. The van der Waals surface area contributed by atoms with Gasteiger partial charge in [0.05, 0.1) is 0 Å². The van der Waals surface area contributed by atoms with Crippen molar-refractivity contribution in [3.63, 3.8) is 0 Å². The van der Waals surface area contributed by atoms with Gasteiger partial charge in [-0.05, 0) is 30.3 Å². The van der Waals surface area contributed by atoms with E-state index in [0.717, 1.165) is 17.2 Å². The maximum atomic E-state index is 12.9. The number of aromatic amines is 1. The van der Waals surface area contributed by atoms with E-state index in [9.17, 15) is 13.2 Å². The molecule has 2 aromatic rings. The van der Waals surface area contributed by atoms with Crippen molar-refractivity contribution < 1.29 is 13.2 Å². The number of carbonyl (C=O) groups excluding carboxylic acids is 1. The predicted octanol–water partition coefficient (Wildman–Crippen LogP) is 2.37. The van der Waals surface area contributed by atoms with Gasteiger partial charge in [0, 0.05) is 67.7 Å². The molecule has 1 N–H and O–H groups in total. The minimum Gasteiger partial charge on any atom is -0.368 e. The number of carbonyl (C=O) groups is 1. The molecule has 4 rings (SSSR count). The predicted molar refractivity (Wildman–Crippen MR) is 116 cm³/mol. The fraction of sp³-hybridized carbons (Fsp3) is 0.421. The van der Waals surface area contributed by atoms with E-state index in [1.165, 1.54) is 16.6 Å². The summed E-state index contributed by atoms with van der Waals surface area (Å²) in [6, 6.07) is 9.12. The molecular formula is C19H23ClN4O3S2. The second kappa shape index (κ2) is 8.59. The number of anilines is 1. The van der Waals surface area contributed by atoms with Crippen LogP contribution in [0.4, 0.5) is 5.69 Å². The molecular weight excluding hydrogens is 432 g/mol. The number of nitrogens with zero attached hydrogens (tertiary/aromatic N) is 3. The van der Waals surface area contributed by atoms with Gasteiger partial charge in [-0.25, -0.2) is 8.42 Å². The van der Waals surface area contributed by atoms with Gasteiger partial charge in [-0.3, -0.25) is 4.79 Å². The number of benzene rings is 1. The SMILES string of the molecule is O=C(c1cc(S(=O)(=O)N2CCSCC2)c[nH]1)N1CCN(c2ccc(Cl)cc2)CC1. The first-order valence-corrected chi connectivity index (χ1v) is 12.5. The number of H-pyrrole nitrogens is 1. The Morgan fingerprint density at radius 3 is 2.31 bits per heavy atom. The highest BCUT2D eigenvalue weighted by atomic mass is 35.5. The van der Waals surface area contributed by atoms with Gasteiger partial charge in [0.15, 0.2) is 0 Å². The number of rotatable bonds is 4. The molecule has 1 aromatic heterocycles. The Bertz CT molecular complexity index is 964. The molecule has 1 amide bonds. The zero-order valence-corrected chi connectivity index (χ0v) is 18.3. The molecule has 2 aliphatic rings. The summed E-state index contributed by atoms with van der Waals surface area (Å²) in [5.41, 5.74) is 1.39. The number of halogens is 1. The number of hydrogen-bond donors (Lipinski definition) is 1. The van der Waals surface area contributed by atoms with Crippen molar-refractivity contribution in [1.82, 2.24) is 14.2 Å². The molecule has 0 saturated carbocycles. The van der Waals surface area contributed by atoms with E-state index in [-0.39, 0.29) is 10.8 Å². The van der Waals surface area contributed by atoms with Crippen LogP contribution in [0, 0.1) is 0 Å². The Balaban J connectivity index is 1.40. The lowest BCUT2D eigenvalue weighted by Gasteiger charge is -2.36. The average molecular weight is 455 g/mol. The molecule has 0 aliphatic carbocycles. The quantitative estimate of drug-likeness (QED) is 0.767. The lowest BCUT2D eigenvalue weighted by molar-refractivity contribution is 0.0741. The normalized spacial score (nSPS) is 18.8. The van der Waals surface area contributed by atoms with Gasteiger partial charge in [-0.15, -0.1) is 0 Å². The first kappa shape index (κ1) is 20.6. The number of aromatic nitrogens is 1. The van der Waals surface area contributed by atoms with Crippen molar-refractivity contribution >= 4 is 45.0 Å². The summed E-state index contributed by atoms with van der Waals surface area (Å²) < 4.78 is 27.0. The lowest BCUT2D eigenvalue weighted by Crippen LogP contribution is -2.48. The molecule has 2 aliphatic heterocycles. The standard InChI is InChI=1S/C19H23ClN4O3S2/c20-15-1-3-16(4-2-15)22-5-7-23(8-6-22)19(25)18-13-17(14-21-18)29(26,27)24-9-11-28-12-10-24/h1-4,13-14,21H,5-12H2. The number of nitrogens with one attached hydrogen (secondary N) is 1.